The first kappa shape index (κ1) is 14.3. The van der Waals surface area contributed by atoms with Crippen LogP contribution in [0.15, 0.2) is 60.7 Å². The molecule has 0 saturated carbocycles. The summed E-state index contributed by atoms with van der Waals surface area (Å²) < 4.78 is 5.38. The Kier molecular flexibility index (Phi) is 3.67. The highest BCUT2D eigenvalue weighted by Gasteiger charge is 2.55. The summed E-state index contributed by atoms with van der Waals surface area (Å²) in [4.78, 5) is 24.1. The van der Waals surface area contributed by atoms with E-state index in [0.29, 0.717) is 0 Å². The van der Waals surface area contributed by atoms with Crippen molar-refractivity contribution in [2.24, 2.45) is 5.41 Å². The van der Waals surface area contributed by atoms with Gasteiger partial charge in [-0.15, -0.1) is 0 Å². The first-order chi connectivity index (χ1) is 10.6. The van der Waals surface area contributed by atoms with Gasteiger partial charge in [0, 0.05) is 6.42 Å². The van der Waals surface area contributed by atoms with Crippen LogP contribution in [-0.2, 0) is 20.7 Å². The Morgan fingerprint density at radius 2 is 1.68 bits per heavy atom. The largest absolute Gasteiger partial charge is 0.480 e. The van der Waals surface area contributed by atoms with Gasteiger partial charge in [0.25, 0.3) is 0 Å². The van der Waals surface area contributed by atoms with Crippen molar-refractivity contribution in [1.82, 2.24) is 0 Å². The van der Waals surface area contributed by atoms with E-state index in [2.05, 4.69) is 0 Å². The van der Waals surface area contributed by atoms with Gasteiger partial charge in [-0.25, -0.2) is 0 Å². The summed E-state index contributed by atoms with van der Waals surface area (Å²) in [5.74, 6) is -1.78. The molecule has 4 nitrogen and oxygen atoms in total. The SMILES string of the molecule is O=C(O)[C@@]1(Cc2ccccc2)C[C@@H](c2ccccc2)OC1=O. The molecule has 1 aliphatic heterocycles. The second-order valence-electron chi connectivity index (χ2n) is 5.56. The molecule has 1 heterocycles. The molecule has 4 heteroatoms. The molecule has 3 rings (SSSR count). The smallest absolute Gasteiger partial charge is 0.324 e. The van der Waals surface area contributed by atoms with Gasteiger partial charge in [-0.05, 0) is 17.5 Å². The fraction of sp³-hybridized carbons (Fsp3) is 0.222. The molecule has 0 amide bonds. The molecule has 1 N–H and O–H groups in total. The van der Waals surface area contributed by atoms with Crippen molar-refractivity contribution >= 4 is 11.9 Å². The maximum atomic E-state index is 12.3. The van der Waals surface area contributed by atoms with Gasteiger partial charge in [-0.2, -0.15) is 0 Å². The molecule has 0 aliphatic carbocycles. The van der Waals surface area contributed by atoms with Crippen molar-refractivity contribution in [3.63, 3.8) is 0 Å². The quantitative estimate of drug-likeness (QED) is 0.696. The van der Waals surface area contributed by atoms with Crippen LogP contribution in [0.1, 0.15) is 23.7 Å². The predicted octanol–water partition coefficient (Wildman–Crippen LogP) is 2.99. The predicted molar refractivity (Wildman–Crippen MR) is 80.1 cm³/mol. The van der Waals surface area contributed by atoms with Gasteiger partial charge in [0.05, 0.1) is 0 Å². The van der Waals surface area contributed by atoms with Crippen LogP contribution in [0.5, 0.6) is 0 Å². The summed E-state index contributed by atoms with van der Waals surface area (Å²) in [6.07, 6.45) is -0.209. The summed E-state index contributed by atoms with van der Waals surface area (Å²) in [5.41, 5.74) is 0.129. The standard InChI is InChI=1S/C18H16O4/c19-16(20)18(11-13-7-3-1-4-8-13)12-15(22-17(18)21)14-9-5-2-6-10-14/h1-10,15H,11-12H2,(H,19,20)/t15-,18+/m0/s1. The zero-order valence-corrected chi connectivity index (χ0v) is 11.9. The average molecular weight is 296 g/mol. The summed E-state index contributed by atoms with van der Waals surface area (Å²) in [7, 11) is 0. The minimum Gasteiger partial charge on any atom is -0.480 e. The molecule has 2 aromatic carbocycles. The number of benzene rings is 2. The Morgan fingerprint density at radius 3 is 2.27 bits per heavy atom. The molecule has 1 saturated heterocycles. The number of hydrogen-bond donors (Lipinski definition) is 1. The van der Waals surface area contributed by atoms with Crippen molar-refractivity contribution in [2.75, 3.05) is 0 Å². The van der Waals surface area contributed by atoms with Crippen molar-refractivity contribution in [3.8, 4) is 0 Å². The lowest BCUT2D eigenvalue weighted by molar-refractivity contribution is -0.161. The van der Waals surface area contributed by atoms with Gasteiger partial charge in [-0.3, -0.25) is 9.59 Å². The second kappa shape index (κ2) is 5.64. The molecule has 0 bridgehead atoms. The number of cyclic esters (lactones) is 1. The lowest BCUT2D eigenvalue weighted by Crippen LogP contribution is -2.37. The van der Waals surface area contributed by atoms with Gasteiger partial charge < -0.3 is 9.84 Å². The molecule has 2 atom stereocenters. The number of aliphatic carboxylic acids is 1. The van der Waals surface area contributed by atoms with Gasteiger partial charge in [0.2, 0.25) is 0 Å². The first-order valence-electron chi connectivity index (χ1n) is 7.15. The Hall–Kier alpha value is -2.62. The van der Waals surface area contributed by atoms with E-state index in [4.69, 9.17) is 4.74 Å². The molecule has 1 aliphatic rings. The lowest BCUT2D eigenvalue weighted by Gasteiger charge is -2.19. The van der Waals surface area contributed by atoms with E-state index in [-0.39, 0.29) is 12.8 Å². The number of esters is 1. The molecule has 0 aromatic heterocycles. The molecule has 1 fully saturated rings. The first-order valence-corrected chi connectivity index (χ1v) is 7.15. The van der Waals surface area contributed by atoms with E-state index in [1.165, 1.54) is 0 Å². The van der Waals surface area contributed by atoms with Gasteiger partial charge in [0.15, 0.2) is 5.41 Å². The fourth-order valence-corrected chi connectivity index (χ4v) is 2.88. The Labute approximate surface area is 128 Å². The van der Waals surface area contributed by atoms with Gasteiger partial charge >= 0.3 is 11.9 Å². The number of carbonyl (C=O) groups is 2. The third-order valence-electron chi connectivity index (χ3n) is 4.10. The van der Waals surface area contributed by atoms with E-state index >= 15 is 0 Å². The Morgan fingerprint density at radius 1 is 1.09 bits per heavy atom. The number of carboxylic acids is 1. The van der Waals surface area contributed by atoms with Gasteiger partial charge in [0.1, 0.15) is 6.10 Å². The molecular formula is C18H16O4. The number of carbonyl (C=O) groups excluding carboxylic acids is 1. The molecular weight excluding hydrogens is 280 g/mol. The van der Waals surface area contributed by atoms with Crippen molar-refractivity contribution in [1.29, 1.82) is 0 Å². The molecule has 22 heavy (non-hydrogen) atoms. The molecule has 112 valence electrons. The zero-order chi connectivity index (χ0) is 15.6. The maximum absolute atomic E-state index is 12.3. The maximum Gasteiger partial charge on any atom is 0.324 e. The highest BCUT2D eigenvalue weighted by Crippen LogP contribution is 2.44. The van der Waals surface area contributed by atoms with E-state index < -0.39 is 23.5 Å². The molecule has 0 radical (unpaired) electrons. The van der Waals surface area contributed by atoms with E-state index in [1.807, 2.05) is 60.7 Å². The number of ether oxygens (including phenoxy) is 1. The van der Waals surface area contributed by atoms with E-state index in [9.17, 15) is 14.7 Å². The highest BCUT2D eigenvalue weighted by atomic mass is 16.6. The summed E-state index contributed by atoms with van der Waals surface area (Å²) in [5, 5.41) is 9.66. The van der Waals surface area contributed by atoms with Crippen molar-refractivity contribution < 1.29 is 19.4 Å². The van der Waals surface area contributed by atoms with E-state index in [0.717, 1.165) is 11.1 Å². The average Bonchev–Trinajstić information content (AvgIpc) is 2.87. The Balaban J connectivity index is 1.91. The van der Waals surface area contributed by atoms with Crippen LogP contribution in [0, 0.1) is 5.41 Å². The Bertz CT molecular complexity index is 681. The summed E-state index contributed by atoms with van der Waals surface area (Å²) in [6, 6.07) is 18.4. The topological polar surface area (TPSA) is 63.6 Å². The number of hydrogen-bond acceptors (Lipinski definition) is 3. The van der Waals surface area contributed by atoms with Crippen LogP contribution < -0.4 is 0 Å². The third kappa shape index (κ3) is 2.48. The van der Waals surface area contributed by atoms with Gasteiger partial charge in [-0.1, -0.05) is 60.7 Å². The molecule has 0 spiro atoms. The normalized spacial score (nSPS) is 24.0. The van der Waals surface area contributed by atoms with Crippen molar-refractivity contribution in [2.45, 2.75) is 18.9 Å². The number of carboxylic acid groups (broad SMARTS) is 1. The summed E-state index contributed by atoms with van der Waals surface area (Å²) in [6.45, 7) is 0. The third-order valence-corrected chi connectivity index (χ3v) is 4.10. The van der Waals surface area contributed by atoms with Crippen LogP contribution in [-0.4, -0.2) is 17.0 Å². The van der Waals surface area contributed by atoms with Crippen LogP contribution >= 0.6 is 0 Å². The zero-order valence-electron chi connectivity index (χ0n) is 11.9. The van der Waals surface area contributed by atoms with Crippen LogP contribution in [0.25, 0.3) is 0 Å². The molecule has 2 aromatic rings. The minimum atomic E-state index is -1.51. The monoisotopic (exact) mass is 296 g/mol. The highest BCUT2D eigenvalue weighted by molar-refractivity contribution is 6.01. The van der Waals surface area contributed by atoms with Crippen LogP contribution in [0.4, 0.5) is 0 Å². The van der Waals surface area contributed by atoms with Crippen molar-refractivity contribution in [3.05, 3.63) is 71.8 Å². The summed E-state index contributed by atoms with van der Waals surface area (Å²) >= 11 is 0. The lowest BCUT2D eigenvalue weighted by atomic mass is 9.78. The molecule has 0 unspecified atom stereocenters. The van der Waals surface area contributed by atoms with Crippen LogP contribution in [0.2, 0.25) is 0 Å². The van der Waals surface area contributed by atoms with Crippen LogP contribution in [0.3, 0.4) is 0 Å². The van der Waals surface area contributed by atoms with E-state index in [1.54, 1.807) is 0 Å². The number of rotatable bonds is 4. The minimum absolute atomic E-state index is 0.144. The second-order valence-corrected chi connectivity index (χ2v) is 5.56. The fourth-order valence-electron chi connectivity index (χ4n) is 2.88.